The van der Waals surface area contributed by atoms with E-state index in [-0.39, 0.29) is 29.3 Å². The van der Waals surface area contributed by atoms with Gasteiger partial charge in [-0.2, -0.15) is 0 Å². The van der Waals surface area contributed by atoms with E-state index >= 15 is 0 Å². The van der Waals surface area contributed by atoms with Gasteiger partial charge in [-0.05, 0) is 44.7 Å². The van der Waals surface area contributed by atoms with Gasteiger partial charge in [0, 0.05) is 36.7 Å². The Hall–Kier alpha value is -2.44. The summed E-state index contributed by atoms with van der Waals surface area (Å²) >= 11 is 0. The third kappa shape index (κ3) is 4.64. The Labute approximate surface area is 159 Å². The van der Waals surface area contributed by atoms with Gasteiger partial charge in [0.05, 0.1) is 4.92 Å². The molecule has 0 aromatic heterocycles. The van der Waals surface area contributed by atoms with E-state index in [1.165, 1.54) is 19.4 Å². The summed E-state index contributed by atoms with van der Waals surface area (Å²) in [6, 6.07) is 4.79. The fraction of sp³-hybridized carbons (Fsp3) is 0.600. The summed E-state index contributed by atoms with van der Waals surface area (Å²) < 4.78 is 0. The zero-order valence-corrected chi connectivity index (χ0v) is 15.8. The average molecular weight is 373 g/mol. The molecule has 2 aliphatic rings. The number of carbonyl (C=O) groups excluding carboxylic acids is 2. The predicted molar refractivity (Wildman–Crippen MR) is 103 cm³/mol. The highest BCUT2D eigenvalue weighted by atomic mass is 16.6. The summed E-state index contributed by atoms with van der Waals surface area (Å²) in [5.41, 5.74) is 0.856. The van der Waals surface area contributed by atoms with Gasteiger partial charge in [0.1, 0.15) is 5.69 Å². The van der Waals surface area contributed by atoms with Crippen molar-refractivity contribution in [3.8, 4) is 0 Å². The van der Waals surface area contributed by atoms with E-state index in [2.05, 4.69) is 5.32 Å². The first-order valence-electron chi connectivity index (χ1n) is 9.80. The van der Waals surface area contributed by atoms with E-state index < -0.39 is 4.92 Å². The number of piperidine rings is 1. The lowest BCUT2D eigenvalue weighted by Crippen LogP contribution is -2.46. The zero-order chi connectivity index (χ0) is 19.4. The standard InChI is InChI=1S/C20H27N3O4/c1-14(24)16-7-8-18(19(13-16)23(26)27)22-11-9-17(10-12-22)21-20(25)15-5-3-2-4-6-15/h7-8,13,15,17H,2-6,9-12H2,1H3,(H,21,25). The van der Waals surface area contributed by atoms with Crippen molar-refractivity contribution in [3.05, 3.63) is 33.9 Å². The summed E-state index contributed by atoms with van der Waals surface area (Å²) in [7, 11) is 0. The smallest absolute Gasteiger partial charge is 0.293 e. The zero-order valence-electron chi connectivity index (χ0n) is 15.8. The molecule has 3 rings (SSSR count). The second-order valence-corrected chi connectivity index (χ2v) is 7.62. The summed E-state index contributed by atoms with van der Waals surface area (Å²) in [6.45, 7) is 2.70. The second-order valence-electron chi connectivity index (χ2n) is 7.62. The number of nitrogens with zero attached hydrogens (tertiary/aromatic N) is 2. The summed E-state index contributed by atoms with van der Waals surface area (Å²) in [4.78, 5) is 36.9. The van der Waals surface area contributed by atoms with Crippen LogP contribution in [0.5, 0.6) is 0 Å². The second kappa shape index (κ2) is 8.50. The normalized spacial score (nSPS) is 18.9. The highest BCUT2D eigenvalue weighted by Gasteiger charge is 2.28. The van der Waals surface area contributed by atoms with Crippen molar-refractivity contribution in [2.24, 2.45) is 5.92 Å². The molecule has 1 aliphatic heterocycles. The van der Waals surface area contributed by atoms with E-state index in [9.17, 15) is 19.7 Å². The molecule has 27 heavy (non-hydrogen) atoms. The van der Waals surface area contributed by atoms with Crippen LogP contribution in [0.4, 0.5) is 11.4 Å². The maximum atomic E-state index is 12.4. The largest absolute Gasteiger partial charge is 0.366 e. The summed E-state index contributed by atoms with van der Waals surface area (Å²) in [5, 5.41) is 14.6. The molecule has 7 nitrogen and oxygen atoms in total. The van der Waals surface area contributed by atoms with E-state index in [1.54, 1.807) is 12.1 Å². The van der Waals surface area contributed by atoms with Crippen LogP contribution < -0.4 is 10.2 Å². The van der Waals surface area contributed by atoms with Crippen molar-refractivity contribution in [1.82, 2.24) is 5.32 Å². The van der Waals surface area contributed by atoms with Gasteiger partial charge >= 0.3 is 0 Å². The maximum absolute atomic E-state index is 12.4. The number of Topliss-reactive ketones (excluding diaryl/α,β-unsaturated/α-hetero) is 1. The number of ketones is 1. The molecular weight excluding hydrogens is 346 g/mol. The van der Waals surface area contributed by atoms with Crippen LogP contribution in [0.15, 0.2) is 18.2 Å². The minimum atomic E-state index is -0.432. The van der Waals surface area contributed by atoms with Crippen molar-refractivity contribution in [3.63, 3.8) is 0 Å². The minimum absolute atomic E-state index is 0.0348. The Bertz CT molecular complexity index is 720. The summed E-state index contributed by atoms with van der Waals surface area (Å²) in [5.74, 6) is 0.135. The fourth-order valence-electron chi connectivity index (χ4n) is 4.10. The minimum Gasteiger partial charge on any atom is -0.366 e. The molecular formula is C20H27N3O4. The lowest BCUT2D eigenvalue weighted by Gasteiger charge is -2.34. The quantitative estimate of drug-likeness (QED) is 0.485. The highest BCUT2D eigenvalue weighted by Crippen LogP contribution is 2.32. The lowest BCUT2D eigenvalue weighted by atomic mass is 9.88. The van der Waals surface area contributed by atoms with Crippen LogP contribution in [0, 0.1) is 16.0 Å². The molecule has 0 bridgehead atoms. The number of nitro benzene ring substituents is 1. The molecule has 1 saturated heterocycles. The van der Waals surface area contributed by atoms with Gasteiger partial charge < -0.3 is 10.2 Å². The third-order valence-corrected chi connectivity index (χ3v) is 5.74. The topological polar surface area (TPSA) is 92.6 Å². The van der Waals surface area contributed by atoms with E-state index in [0.717, 1.165) is 38.5 Å². The first-order chi connectivity index (χ1) is 13.0. The van der Waals surface area contributed by atoms with Crippen LogP contribution in [0.1, 0.15) is 62.2 Å². The molecule has 1 N–H and O–H groups in total. The average Bonchev–Trinajstić information content (AvgIpc) is 2.68. The van der Waals surface area contributed by atoms with Crippen LogP contribution in [-0.4, -0.2) is 35.7 Å². The molecule has 1 saturated carbocycles. The molecule has 1 aromatic rings. The van der Waals surface area contributed by atoms with Crippen LogP contribution in [0.2, 0.25) is 0 Å². The van der Waals surface area contributed by atoms with Crippen LogP contribution in [0.3, 0.4) is 0 Å². The number of nitrogens with one attached hydrogen (secondary N) is 1. The van der Waals surface area contributed by atoms with Gasteiger partial charge in [-0.15, -0.1) is 0 Å². The molecule has 146 valence electrons. The number of nitro groups is 1. The number of benzene rings is 1. The van der Waals surface area contributed by atoms with Crippen LogP contribution in [0.25, 0.3) is 0 Å². The summed E-state index contributed by atoms with van der Waals surface area (Å²) in [6.07, 6.45) is 7.00. The third-order valence-electron chi connectivity index (χ3n) is 5.74. The van der Waals surface area contributed by atoms with Crippen molar-refractivity contribution in [2.45, 2.75) is 57.9 Å². The Morgan fingerprint density at radius 2 is 1.78 bits per heavy atom. The van der Waals surface area contributed by atoms with Gasteiger partial charge in [-0.25, -0.2) is 0 Å². The van der Waals surface area contributed by atoms with E-state index in [1.807, 2.05) is 4.90 Å². The first kappa shape index (κ1) is 19.3. The Morgan fingerprint density at radius 1 is 1.11 bits per heavy atom. The van der Waals surface area contributed by atoms with Gasteiger partial charge in [0.2, 0.25) is 5.91 Å². The van der Waals surface area contributed by atoms with Crippen molar-refractivity contribution in [1.29, 1.82) is 0 Å². The van der Waals surface area contributed by atoms with Gasteiger partial charge in [0.15, 0.2) is 5.78 Å². The fourth-order valence-corrected chi connectivity index (χ4v) is 4.10. The Balaban J connectivity index is 1.61. The van der Waals surface area contributed by atoms with Crippen LogP contribution >= 0.6 is 0 Å². The number of hydrogen-bond acceptors (Lipinski definition) is 5. The van der Waals surface area contributed by atoms with Gasteiger partial charge in [-0.3, -0.25) is 19.7 Å². The Morgan fingerprint density at radius 3 is 2.37 bits per heavy atom. The molecule has 2 fully saturated rings. The SMILES string of the molecule is CC(=O)c1ccc(N2CCC(NC(=O)C3CCCCC3)CC2)c([N+](=O)[O-])c1. The molecule has 1 heterocycles. The molecule has 1 aliphatic carbocycles. The molecule has 7 heteroatoms. The molecule has 0 unspecified atom stereocenters. The maximum Gasteiger partial charge on any atom is 0.293 e. The lowest BCUT2D eigenvalue weighted by molar-refractivity contribution is -0.384. The predicted octanol–water partition coefficient (Wildman–Crippen LogP) is 3.46. The number of anilines is 1. The van der Waals surface area contributed by atoms with E-state index in [0.29, 0.717) is 24.3 Å². The van der Waals surface area contributed by atoms with Crippen molar-refractivity contribution < 1.29 is 14.5 Å². The molecule has 1 amide bonds. The monoisotopic (exact) mass is 373 g/mol. The first-order valence-corrected chi connectivity index (χ1v) is 9.80. The van der Waals surface area contributed by atoms with Gasteiger partial charge in [0.25, 0.3) is 5.69 Å². The van der Waals surface area contributed by atoms with Crippen LogP contribution in [-0.2, 0) is 4.79 Å². The number of carbonyl (C=O) groups is 2. The molecule has 0 atom stereocenters. The Kier molecular flexibility index (Phi) is 6.08. The number of rotatable bonds is 5. The molecule has 0 spiro atoms. The molecule has 0 radical (unpaired) electrons. The van der Waals surface area contributed by atoms with Crippen molar-refractivity contribution in [2.75, 3.05) is 18.0 Å². The van der Waals surface area contributed by atoms with Crippen molar-refractivity contribution >= 4 is 23.1 Å². The van der Waals surface area contributed by atoms with E-state index in [4.69, 9.17) is 0 Å². The number of amides is 1. The van der Waals surface area contributed by atoms with Gasteiger partial charge in [-0.1, -0.05) is 19.3 Å². The highest BCUT2D eigenvalue weighted by molar-refractivity contribution is 5.95. The number of hydrogen-bond donors (Lipinski definition) is 1. The molecule has 1 aromatic carbocycles.